The summed E-state index contributed by atoms with van der Waals surface area (Å²) in [5.41, 5.74) is 2.67. The molecule has 0 saturated carbocycles. The van der Waals surface area contributed by atoms with E-state index in [9.17, 15) is 33.8 Å². The number of halogens is 1. The van der Waals surface area contributed by atoms with Crippen molar-refractivity contribution in [3.63, 3.8) is 0 Å². The number of nitrogens with one attached hydrogen (secondary N) is 3. The van der Waals surface area contributed by atoms with Crippen molar-refractivity contribution in [2.45, 2.75) is 6.54 Å². The zero-order valence-electron chi connectivity index (χ0n) is 18.7. The summed E-state index contributed by atoms with van der Waals surface area (Å²) in [6, 6.07) is 13.2. The lowest BCUT2D eigenvalue weighted by Crippen LogP contribution is -3.20. The van der Waals surface area contributed by atoms with Crippen molar-refractivity contribution in [3.05, 3.63) is 52.5 Å². The first-order valence-electron chi connectivity index (χ1n) is 11.0. The molecule has 0 aromatic heterocycles. The van der Waals surface area contributed by atoms with Crippen molar-refractivity contribution >= 4 is 31.1 Å². The van der Waals surface area contributed by atoms with Gasteiger partial charge in [0.15, 0.2) is 15.2 Å². The first-order valence-corrected chi connectivity index (χ1v) is 15.3. The van der Waals surface area contributed by atoms with E-state index in [1.54, 1.807) is 6.07 Å². The summed E-state index contributed by atoms with van der Waals surface area (Å²) in [5.74, 6) is 0.153. The minimum absolute atomic E-state index is 0.153. The van der Waals surface area contributed by atoms with Crippen LogP contribution >= 0.6 is 31.1 Å². The molecule has 0 amide bonds. The van der Waals surface area contributed by atoms with Gasteiger partial charge >= 0.3 is 0 Å². The van der Waals surface area contributed by atoms with Crippen molar-refractivity contribution in [1.29, 1.82) is 0 Å². The summed E-state index contributed by atoms with van der Waals surface area (Å²) in [7, 11) is -8.99. The predicted molar refractivity (Wildman–Crippen MR) is 126 cm³/mol. The lowest BCUT2D eigenvalue weighted by molar-refractivity contribution is -0.961. The van der Waals surface area contributed by atoms with Crippen LogP contribution in [0, 0.1) is 0 Å². The molecule has 13 heteroatoms. The Balaban J connectivity index is 1.80. The number of phenolic OH excluding ortho intramolecular Hbond substituents is 1. The lowest BCUT2D eigenvalue weighted by Gasteiger charge is -2.26. The SMILES string of the molecule is O=P([O-])(O)C[NH+]1CC[NH+](Cc2cc(-c3ccc(Br)cc3)ccc2O)CC[NH+](CP(=O)([O-])O)CC1. The summed E-state index contributed by atoms with van der Waals surface area (Å²) in [6.45, 7) is 3.20. The van der Waals surface area contributed by atoms with E-state index in [2.05, 4.69) is 15.9 Å². The van der Waals surface area contributed by atoms with Crippen LogP contribution in [-0.4, -0.2) is 66.7 Å². The molecule has 1 aliphatic heterocycles. The molecule has 2 aromatic rings. The van der Waals surface area contributed by atoms with E-state index in [4.69, 9.17) is 0 Å². The fraction of sp³-hybridized carbons (Fsp3) is 0.429. The second kappa shape index (κ2) is 11.8. The zero-order chi connectivity index (χ0) is 24.9. The zero-order valence-corrected chi connectivity index (χ0v) is 22.0. The highest BCUT2D eigenvalue weighted by Crippen LogP contribution is 2.27. The summed E-state index contributed by atoms with van der Waals surface area (Å²) >= 11 is 3.42. The molecule has 1 fully saturated rings. The molecule has 3 rings (SSSR count). The molecular weight excluding hydrogens is 548 g/mol. The standard InChI is InChI=1S/C21H30BrN3O7P2/c22-20-4-1-17(2-5-20)18-3-6-21(26)19(13-18)14-23-7-9-24(15-33(27,28)29)11-12-25(10-8-23)16-34(30,31)32/h1-6,13,26H,7-12,14-16H2,(H2,27,28,29)(H2,30,31,32)/p+1. The smallest absolute Gasteiger partial charge is 0.187 e. The monoisotopic (exact) mass is 578 g/mol. The van der Waals surface area contributed by atoms with Crippen LogP contribution in [0.1, 0.15) is 5.56 Å². The van der Waals surface area contributed by atoms with E-state index >= 15 is 0 Å². The number of hydrogen-bond donors (Lipinski definition) is 6. The van der Waals surface area contributed by atoms with Crippen LogP contribution in [0.2, 0.25) is 0 Å². The molecule has 1 aliphatic rings. The van der Waals surface area contributed by atoms with Gasteiger partial charge in [-0.05, 0) is 35.4 Å². The first-order chi connectivity index (χ1) is 15.9. The number of phenols is 1. The highest BCUT2D eigenvalue weighted by atomic mass is 79.9. The third-order valence-corrected chi connectivity index (χ3v) is 8.26. The highest BCUT2D eigenvalue weighted by molar-refractivity contribution is 9.10. The Labute approximate surface area is 207 Å². The van der Waals surface area contributed by atoms with Gasteiger partial charge in [-0.15, -0.1) is 0 Å². The minimum atomic E-state index is -4.50. The van der Waals surface area contributed by atoms with E-state index < -0.39 is 27.8 Å². The molecule has 188 valence electrons. The molecule has 4 atom stereocenters. The van der Waals surface area contributed by atoms with E-state index in [1.165, 1.54) is 0 Å². The number of benzene rings is 2. The van der Waals surface area contributed by atoms with Gasteiger partial charge in [0.25, 0.3) is 0 Å². The van der Waals surface area contributed by atoms with E-state index in [0.29, 0.717) is 55.6 Å². The van der Waals surface area contributed by atoms with Crippen LogP contribution in [0.4, 0.5) is 0 Å². The summed E-state index contributed by atoms with van der Waals surface area (Å²) in [5, 5.41) is 10.5. The highest BCUT2D eigenvalue weighted by Gasteiger charge is 2.27. The largest absolute Gasteiger partial charge is 0.775 e. The molecule has 6 N–H and O–H groups in total. The molecule has 1 saturated heterocycles. The van der Waals surface area contributed by atoms with Gasteiger partial charge in [0, 0.05) is 10.0 Å². The van der Waals surface area contributed by atoms with Gasteiger partial charge in [-0.2, -0.15) is 0 Å². The number of hydrogen-bond acceptors (Lipinski definition) is 5. The molecule has 2 aromatic carbocycles. The van der Waals surface area contributed by atoms with Gasteiger partial charge in [0.1, 0.15) is 64.1 Å². The number of rotatable bonds is 7. The van der Waals surface area contributed by atoms with Gasteiger partial charge in [0.2, 0.25) is 0 Å². The normalized spacial score (nSPS) is 25.4. The fourth-order valence-corrected chi connectivity index (χ4v) is 6.34. The maximum Gasteiger partial charge on any atom is 0.187 e. The Bertz CT molecular complexity index is 1020. The summed E-state index contributed by atoms with van der Waals surface area (Å²) in [4.78, 5) is 43.9. The molecule has 0 bridgehead atoms. The average molecular weight is 579 g/mol. The maximum atomic E-state index is 11.5. The van der Waals surface area contributed by atoms with Gasteiger partial charge in [-0.3, -0.25) is 0 Å². The van der Waals surface area contributed by atoms with Crippen molar-refractivity contribution < 1.29 is 48.5 Å². The van der Waals surface area contributed by atoms with Crippen molar-refractivity contribution in [1.82, 2.24) is 0 Å². The van der Waals surface area contributed by atoms with Crippen molar-refractivity contribution in [3.8, 4) is 16.9 Å². The molecule has 0 radical (unpaired) electrons. The van der Waals surface area contributed by atoms with Gasteiger partial charge in [-0.25, -0.2) is 0 Å². The average Bonchev–Trinajstić information content (AvgIpc) is 2.80. The van der Waals surface area contributed by atoms with E-state index in [1.807, 2.05) is 36.4 Å². The minimum Gasteiger partial charge on any atom is -0.775 e. The maximum absolute atomic E-state index is 11.5. The third-order valence-electron chi connectivity index (χ3n) is 6.04. The summed E-state index contributed by atoms with van der Waals surface area (Å²) in [6.07, 6.45) is -0.877. The second-order valence-corrected chi connectivity index (χ2v) is 13.0. The number of aromatic hydroxyl groups is 1. The quantitative estimate of drug-likeness (QED) is 0.191. The van der Waals surface area contributed by atoms with Crippen LogP contribution in [-0.2, 0) is 15.7 Å². The molecule has 10 nitrogen and oxygen atoms in total. The molecule has 0 spiro atoms. The van der Waals surface area contributed by atoms with Crippen molar-refractivity contribution in [2.24, 2.45) is 0 Å². The van der Waals surface area contributed by atoms with Gasteiger partial charge in [-0.1, -0.05) is 34.1 Å². The van der Waals surface area contributed by atoms with Crippen LogP contribution in [0.15, 0.2) is 46.9 Å². The Kier molecular flexibility index (Phi) is 9.50. The molecule has 0 aliphatic carbocycles. The van der Waals surface area contributed by atoms with Gasteiger partial charge < -0.3 is 48.5 Å². The van der Waals surface area contributed by atoms with E-state index in [0.717, 1.165) is 26.1 Å². The van der Waals surface area contributed by atoms with E-state index in [-0.39, 0.29) is 5.75 Å². The number of quaternary nitrogens is 3. The molecule has 34 heavy (non-hydrogen) atoms. The Hall–Kier alpha value is -1.10. The first kappa shape index (κ1) is 27.5. The lowest BCUT2D eigenvalue weighted by atomic mass is 10.0. The Morgan fingerprint density at radius 3 is 1.68 bits per heavy atom. The fourth-order valence-electron chi connectivity index (χ4n) is 4.31. The topological polar surface area (TPSA) is 154 Å². The molecule has 4 unspecified atom stereocenters. The second-order valence-electron chi connectivity index (χ2n) is 8.87. The summed E-state index contributed by atoms with van der Waals surface area (Å²) < 4.78 is 23.9. The van der Waals surface area contributed by atoms with Crippen LogP contribution in [0.5, 0.6) is 5.75 Å². The Morgan fingerprint density at radius 2 is 1.21 bits per heavy atom. The van der Waals surface area contributed by atoms with Gasteiger partial charge in [0.05, 0.1) is 0 Å². The molecular formula is C21H31BrN3O7P2+. The molecule has 1 heterocycles. The van der Waals surface area contributed by atoms with Crippen molar-refractivity contribution in [2.75, 3.05) is 51.8 Å². The predicted octanol–water partition coefficient (Wildman–Crippen LogP) is -3.00. The van der Waals surface area contributed by atoms with Crippen LogP contribution in [0.25, 0.3) is 11.1 Å². The van der Waals surface area contributed by atoms with Crippen LogP contribution < -0.4 is 24.5 Å². The Morgan fingerprint density at radius 1 is 0.765 bits per heavy atom. The third kappa shape index (κ3) is 9.17. The van der Waals surface area contributed by atoms with Crippen LogP contribution in [0.3, 0.4) is 0 Å².